The van der Waals surface area contributed by atoms with Gasteiger partial charge in [-0.05, 0) is 49.1 Å². The zero-order valence-electron chi connectivity index (χ0n) is 19.5. The molecule has 34 heavy (non-hydrogen) atoms. The molecule has 0 unspecified atom stereocenters. The smallest absolute Gasteiger partial charge is 0.227 e. The van der Waals surface area contributed by atoms with Crippen molar-refractivity contribution < 1.29 is 4.79 Å². The highest BCUT2D eigenvalue weighted by Crippen LogP contribution is 2.28. The molecule has 0 atom stereocenters. The van der Waals surface area contributed by atoms with Crippen molar-refractivity contribution in [3.63, 3.8) is 0 Å². The van der Waals surface area contributed by atoms with E-state index in [0.29, 0.717) is 12.3 Å². The predicted molar refractivity (Wildman–Crippen MR) is 137 cm³/mol. The number of rotatable bonds is 8. The highest BCUT2D eigenvalue weighted by atomic mass is 16.1. The van der Waals surface area contributed by atoms with Crippen LogP contribution in [0, 0.1) is 0 Å². The Morgan fingerprint density at radius 1 is 0.912 bits per heavy atom. The number of aromatic nitrogens is 2. The number of benzene rings is 3. The van der Waals surface area contributed by atoms with Gasteiger partial charge in [-0.2, -0.15) is 0 Å². The van der Waals surface area contributed by atoms with Crippen LogP contribution < -0.4 is 5.32 Å². The Morgan fingerprint density at radius 2 is 1.53 bits per heavy atom. The zero-order chi connectivity index (χ0) is 23.2. The molecule has 1 aromatic heterocycles. The lowest BCUT2D eigenvalue weighted by molar-refractivity contribution is -0.121. The second kappa shape index (κ2) is 10.7. The number of nitrogens with zero attached hydrogens (tertiary/aromatic N) is 2. The molecule has 1 saturated heterocycles. The number of hydrogen-bond donors (Lipinski definition) is 2. The lowest BCUT2D eigenvalue weighted by atomic mass is 9.88. The van der Waals surface area contributed by atoms with E-state index in [9.17, 15) is 4.79 Å². The normalized spacial score (nSPS) is 15.1. The summed E-state index contributed by atoms with van der Waals surface area (Å²) in [7, 11) is 0. The number of para-hydroxylation sites is 2. The maximum absolute atomic E-state index is 12.6. The maximum Gasteiger partial charge on any atom is 0.227 e. The third-order valence-corrected chi connectivity index (χ3v) is 6.86. The van der Waals surface area contributed by atoms with Gasteiger partial charge in [0.1, 0.15) is 5.82 Å². The molecule has 0 saturated carbocycles. The molecule has 0 aliphatic carbocycles. The SMILES string of the molecule is O=C(Cc1nc2ccccc2[nH]1)NC1CCN(CCC(c2ccccc2)c2ccccc2)CC1. The summed E-state index contributed by atoms with van der Waals surface area (Å²) in [6.07, 6.45) is 3.38. The van der Waals surface area contributed by atoms with Crippen LogP contribution in [0.5, 0.6) is 0 Å². The minimum absolute atomic E-state index is 0.0470. The molecule has 4 aromatic rings. The first-order chi connectivity index (χ1) is 16.7. The van der Waals surface area contributed by atoms with Crippen molar-refractivity contribution in [2.45, 2.75) is 37.6 Å². The average Bonchev–Trinajstić information content (AvgIpc) is 3.28. The zero-order valence-corrected chi connectivity index (χ0v) is 19.5. The molecule has 5 rings (SSSR count). The maximum atomic E-state index is 12.6. The van der Waals surface area contributed by atoms with Crippen LogP contribution in [0.25, 0.3) is 11.0 Å². The number of H-pyrrole nitrogens is 1. The number of aromatic amines is 1. The highest BCUT2D eigenvalue weighted by Gasteiger charge is 2.22. The van der Waals surface area contributed by atoms with E-state index in [1.165, 1.54) is 11.1 Å². The van der Waals surface area contributed by atoms with E-state index in [1.54, 1.807) is 0 Å². The average molecular weight is 453 g/mol. The Hall–Kier alpha value is -3.44. The fraction of sp³-hybridized carbons (Fsp3) is 0.310. The van der Waals surface area contributed by atoms with E-state index in [2.05, 4.69) is 80.8 Å². The van der Waals surface area contributed by atoms with Gasteiger partial charge < -0.3 is 15.2 Å². The summed E-state index contributed by atoms with van der Waals surface area (Å²) in [5.41, 5.74) is 4.63. The summed E-state index contributed by atoms with van der Waals surface area (Å²) < 4.78 is 0. The van der Waals surface area contributed by atoms with Crippen LogP contribution in [0.1, 0.15) is 42.1 Å². The van der Waals surface area contributed by atoms with E-state index in [-0.39, 0.29) is 11.9 Å². The van der Waals surface area contributed by atoms with E-state index < -0.39 is 0 Å². The van der Waals surface area contributed by atoms with Gasteiger partial charge in [0.25, 0.3) is 0 Å². The van der Waals surface area contributed by atoms with Gasteiger partial charge in [-0.3, -0.25) is 4.79 Å². The summed E-state index contributed by atoms with van der Waals surface area (Å²) in [6, 6.07) is 29.8. The number of fused-ring (bicyclic) bond motifs is 1. The van der Waals surface area contributed by atoms with Gasteiger partial charge in [0.15, 0.2) is 0 Å². The van der Waals surface area contributed by atoms with Crippen LogP contribution in [0.2, 0.25) is 0 Å². The Bertz CT molecular complexity index is 1120. The van der Waals surface area contributed by atoms with Crippen LogP contribution in [0.4, 0.5) is 0 Å². The van der Waals surface area contributed by atoms with Gasteiger partial charge in [0.05, 0.1) is 17.5 Å². The lowest BCUT2D eigenvalue weighted by Crippen LogP contribution is -2.45. The molecule has 1 amide bonds. The predicted octanol–water partition coefficient (Wildman–Crippen LogP) is 4.91. The number of nitrogens with one attached hydrogen (secondary N) is 2. The number of likely N-dealkylation sites (tertiary alicyclic amines) is 1. The van der Waals surface area contributed by atoms with Gasteiger partial charge in [-0.25, -0.2) is 4.98 Å². The number of piperidine rings is 1. The lowest BCUT2D eigenvalue weighted by Gasteiger charge is -2.33. The van der Waals surface area contributed by atoms with Crippen molar-refractivity contribution in [2.75, 3.05) is 19.6 Å². The van der Waals surface area contributed by atoms with Crippen molar-refractivity contribution in [1.29, 1.82) is 0 Å². The van der Waals surface area contributed by atoms with Gasteiger partial charge in [-0.15, -0.1) is 0 Å². The van der Waals surface area contributed by atoms with Gasteiger partial charge in [-0.1, -0.05) is 72.8 Å². The Morgan fingerprint density at radius 3 is 2.18 bits per heavy atom. The van der Waals surface area contributed by atoms with Crippen LogP contribution in [0.3, 0.4) is 0 Å². The first-order valence-corrected chi connectivity index (χ1v) is 12.3. The second-order valence-corrected chi connectivity index (χ2v) is 9.22. The fourth-order valence-electron chi connectivity index (χ4n) is 5.03. The van der Waals surface area contributed by atoms with Crippen molar-refractivity contribution in [1.82, 2.24) is 20.2 Å². The molecule has 1 fully saturated rings. The molecule has 5 nitrogen and oxygen atoms in total. The summed E-state index contributed by atoms with van der Waals surface area (Å²) in [5, 5.41) is 3.22. The van der Waals surface area contributed by atoms with Crippen molar-refractivity contribution >= 4 is 16.9 Å². The largest absolute Gasteiger partial charge is 0.353 e. The van der Waals surface area contributed by atoms with Gasteiger partial charge in [0, 0.05) is 25.0 Å². The molecule has 2 heterocycles. The van der Waals surface area contributed by atoms with E-state index in [1.807, 2.05) is 24.3 Å². The van der Waals surface area contributed by atoms with Crippen LogP contribution in [-0.2, 0) is 11.2 Å². The molecule has 0 bridgehead atoms. The number of carbonyl (C=O) groups is 1. The number of amides is 1. The summed E-state index contributed by atoms with van der Waals surface area (Å²) in [4.78, 5) is 22.9. The summed E-state index contributed by atoms with van der Waals surface area (Å²) in [5.74, 6) is 1.18. The van der Waals surface area contributed by atoms with Crippen molar-refractivity contribution in [3.05, 3.63) is 102 Å². The van der Waals surface area contributed by atoms with Crippen molar-refractivity contribution in [3.8, 4) is 0 Å². The molecule has 0 spiro atoms. The molecule has 174 valence electrons. The number of imidazole rings is 1. The Kier molecular flexibility index (Phi) is 7.01. The first-order valence-electron chi connectivity index (χ1n) is 12.3. The standard InChI is InChI=1S/C29H32N4O/c34-29(21-28-31-26-13-7-8-14-27(26)32-28)30-24-15-18-33(19-16-24)20-17-25(22-9-3-1-4-10-22)23-11-5-2-6-12-23/h1-14,24-25H,15-21H2,(H,30,34)(H,31,32). The Balaban J connectivity index is 1.11. The van der Waals surface area contributed by atoms with E-state index >= 15 is 0 Å². The molecule has 1 aliphatic rings. The molecular formula is C29H32N4O. The van der Waals surface area contributed by atoms with Gasteiger partial charge >= 0.3 is 0 Å². The third kappa shape index (κ3) is 5.54. The Labute approximate surface area is 201 Å². The monoisotopic (exact) mass is 452 g/mol. The van der Waals surface area contributed by atoms with Crippen molar-refractivity contribution in [2.24, 2.45) is 0 Å². The number of hydrogen-bond acceptors (Lipinski definition) is 3. The molecule has 1 aliphatic heterocycles. The number of carbonyl (C=O) groups excluding carboxylic acids is 1. The minimum Gasteiger partial charge on any atom is -0.353 e. The molecule has 0 radical (unpaired) electrons. The first kappa shape index (κ1) is 22.4. The van der Waals surface area contributed by atoms with Crippen LogP contribution in [-0.4, -0.2) is 46.5 Å². The van der Waals surface area contributed by atoms with E-state index in [4.69, 9.17) is 0 Å². The second-order valence-electron chi connectivity index (χ2n) is 9.22. The molecule has 3 aromatic carbocycles. The fourth-order valence-corrected chi connectivity index (χ4v) is 5.03. The molecular weight excluding hydrogens is 420 g/mol. The quantitative estimate of drug-likeness (QED) is 0.399. The summed E-state index contributed by atoms with van der Waals surface area (Å²) >= 11 is 0. The van der Waals surface area contributed by atoms with E-state index in [0.717, 1.165) is 55.8 Å². The third-order valence-electron chi connectivity index (χ3n) is 6.86. The molecule has 2 N–H and O–H groups in total. The summed E-state index contributed by atoms with van der Waals surface area (Å²) in [6.45, 7) is 3.10. The molecule has 5 heteroatoms. The van der Waals surface area contributed by atoms with Crippen LogP contribution in [0.15, 0.2) is 84.9 Å². The minimum atomic E-state index is 0.0470. The topological polar surface area (TPSA) is 61.0 Å². The van der Waals surface area contributed by atoms with Gasteiger partial charge in [0.2, 0.25) is 5.91 Å². The van der Waals surface area contributed by atoms with Crippen LogP contribution >= 0.6 is 0 Å². The highest BCUT2D eigenvalue weighted by molar-refractivity contribution is 5.80.